The van der Waals surface area contributed by atoms with Crippen LogP contribution in [0.2, 0.25) is 5.02 Å². The number of halogens is 5. The Hall–Kier alpha value is 0.460. The molecule has 0 nitrogen and oxygen atoms in total. The largest absolute Gasteiger partial charge is 0.113 e. The van der Waals surface area contributed by atoms with Crippen molar-refractivity contribution < 1.29 is 0 Å². The third-order valence-electron chi connectivity index (χ3n) is 2.46. The van der Waals surface area contributed by atoms with Crippen molar-refractivity contribution in [1.29, 1.82) is 0 Å². The predicted molar refractivity (Wildman–Crippen MR) is 88.7 cm³/mol. The average molecular weight is 474 g/mol. The number of hydrogen-bond acceptors (Lipinski definition) is 0. The Labute approximate surface area is 141 Å². The number of hydrogen-bond donors (Lipinski definition) is 0. The van der Waals surface area contributed by atoms with E-state index in [2.05, 4.69) is 47.8 Å². The number of benzene rings is 2. The highest BCUT2D eigenvalue weighted by atomic mass is 79.9. The van der Waals surface area contributed by atoms with E-state index in [9.17, 15) is 0 Å². The van der Waals surface area contributed by atoms with Crippen LogP contribution < -0.4 is 0 Å². The van der Waals surface area contributed by atoms with Gasteiger partial charge in [-0.25, -0.2) is 0 Å². The van der Waals surface area contributed by atoms with Gasteiger partial charge in [0.2, 0.25) is 0 Å². The molecule has 0 N–H and O–H groups in total. The Morgan fingerprint density at radius 1 is 0.833 bits per heavy atom. The second-order valence-electron chi connectivity index (χ2n) is 3.69. The summed E-state index contributed by atoms with van der Waals surface area (Å²) in [7, 11) is 0. The molecule has 0 aliphatic heterocycles. The van der Waals surface area contributed by atoms with Gasteiger partial charge in [0.05, 0.1) is 5.38 Å². The Morgan fingerprint density at radius 3 is 2.06 bits per heavy atom. The highest BCUT2D eigenvalue weighted by molar-refractivity contribution is 9.11. The van der Waals surface area contributed by atoms with Gasteiger partial charge < -0.3 is 0 Å². The van der Waals surface area contributed by atoms with E-state index in [1.807, 2.05) is 36.4 Å². The fourth-order valence-electron chi connectivity index (χ4n) is 1.59. The van der Waals surface area contributed by atoms with Gasteiger partial charge in [0.15, 0.2) is 0 Å². The Balaban J connectivity index is 2.50. The first kappa shape index (κ1) is 14.9. The minimum absolute atomic E-state index is 0.273. The van der Waals surface area contributed by atoms with Gasteiger partial charge in [0, 0.05) is 18.4 Å². The van der Waals surface area contributed by atoms with Gasteiger partial charge in [-0.2, -0.15) is 0 Å². The lowest BCUT2D eigenvalue weighted by Gasteiger charge is -2.15. The summed E-state index contributed by atoms with van der Waals surface area (Å²) in [6.07, 6.45) is 0. The van der Waals surface area contributed by atoms with Crippen molar-refractivity contribution >= 4 is 71.0 Å². The third-order valence-corrected chi connectivity index (χ3v) is 5.11. The summed E-state index contributed by atoms with van der Waals surface area (Å²) in [6, 6.07) is 11.5. The van der Waals surface area contributed by atoms with Crippen LogP contribution in [-0.4, -0.2) is 0 Å². The van der Waals surface area contributed by atoms with E-state index in [1.165, 1.54) is 0 Å². The third kappa shape index (κ3) is 3.31. The molecule has 0 bridgehead atoms. The van der Waals surface area contributed by atoms with Crippen molar-refractivity contribution in [3.05, 3.63) is 66.0 Å². The lowest BCUT2D eigenvalue weighted by atomic mass is 10.0. The molecular weight excluding hydrogens is 467 g/mol. The summed E-state index contributed by atoms with van der Waals surface area (Å²) >= 11 is 23.0. The SMILES string of the molecule is Clc1ccc(Br)c(C(Cl)c2cc(Br)ccc2Br)c1. The van der Waals surface area contributed by atoms with Gasteiger partial charge in [-0.3, -0.25) is 0 Å². The zero-order valence-corrected chi connectivity index (χ0v) is 15.2. The molecule has 0 fully saturated rings. The van der Waals surface area contributed by atoms with Crippen LogP contribution in [0.15, 0.2) is 49.8 Å². The molecule has 1 atom stereocenters. The molecule has 0 aliphatic rings. The van der Waals surface area contributed by atoms with E-state index in [-0.39, 0.29) is 5.38 Å². The van der Waals surface area contributed by atoms with Crippen molar-refractivity contribution in [1.82, 2.24) is 0 Å². The average Bonchev–Trinajstić information content (AvgIpc) is 2.34. The van der Waals surface area contributed by atoms with Crippen LogP contribution in [0.5, 0.6) is 0 Å². The molecule has 0 aromatic heterocycles. The monoisotopic (exact) mass is 470 g/mol. The standard InChI is InChI=1S/C13H7Br3Cl2/c14-7-1-3-11(15)9(5-7)13(18)10-6-8(17)2-4-12(10)16/h1-6,13H. The normalized spacial score (nSPS) is 12.5. The van der Waals surface area contributed by atoms with Crippen LogP contribution in [0.25, 0.3) is 0 Å². The van der Waals surface area contributed by atoms with E-state index < -0.39 is 0 Å². The second-order valence-corrected chi connectivity index (χ2v) is 7.19. The Bertz CT molecular complexity index is 533. The molecule has 2 aromatic rings. The van der Waals surface area contributed by atoms with Gasteiger partial charge in [-0.1, -0.05) is 59.4 Å². The second kappa shape index (κ2) is 6.27. The Kier molecular flexibility index (Phi) is 5.18. The molecule has 1 unspecified atom stereocenters. The van der Waals surface area contributed by atoms with Gasteiger partial charge in [-0.05, 0) is 47.5 Å². The molecule has 0 saturated heterocycles. The molecule has 94 valence electrons. The van der Waals surface area contributed by atoms with Crippen molar-refractivity contribution in [2.45, 2.75) is 5.38 Å². The molecule has 0 heterocycles. The summed E-state index contributed by atoms with van der Waals surface area (Å²) in [5.74, 6) is 0. The maximum absolute atomic E-state index is 6.55. The molecular formula is C13H7Br3Cl2. The first-order chi connectivity index (χ1) is 8.49. The first-order valence-electron chi connectivity index (χ1n) is 5.03. The van der Waals surface area contributed by atoms with E-state index in [1.54, 1.807) is 0 Å². The number of rotatable bonds is 2. The first-order valence-corrected chi connectivity index (χ1v) is 8.22. The molecule has 5 heteroatoms. The van der Waals surface area contributed by atoms with Gasteiger partial charge in [0.25, 0.3) is 0 Å². The van der Waals surface area contributed by atoms with Crippen LogP contribution in [-0.2, 0) is 0 Å². The zero-order chi connectivity index (χ0) is 13.3. The Morgan fingerprint density at radius 2 is 1.39 bits per heavy atom. The van der Waals surface area contributed by atoms with Gasteiger partial charge >= 0.3 is 0 Å². The van der Waals surface area contributed by atoms with Gasteiger partial charge in [-0.15, -0.1) is 11.6 Å². The highest BCUT2D eigenvalue weighted by Crippen LogP contribution is 2.39. The fourth-order valence-corrected chi connectivity index (χ4v) is 3.72. The van der Waals surface area contributed by atoms with Crippen LogP contribution in [0.4, 0.5) is 0 Å². The van der Waals surface area contributed by atoms with Crippen LogP contribution in [0.3, 0.4) is 0 Å². The molecule has 0 saturated carbocycles. The molecule has 0 amide bonds. The van der Waals surface area contributed by atoms with E-state index in [0.717, 1.165) is 24.5 Å². The molecule has 0 spiro atoms. The van der Waals surface area contributed by atoms with Crippen LogP contribution in [0.1, 0.15) is 16.5 Å². The molecule has 18 heavy (non-hydrogen) atoms. The van der Waals surface area contributed by atoms with Crippen LogP contribution in [0, 0.1) is 0 Å². The lowest BCUT2D eigenvalue weighted by molar-refractivity contribution is 1.11. The summed E-state index contributed by atoms with van der Waals surface area (Å²) in [4.78, 5) is 0. The van der Waals surface area contributed by atoms with E-state index in [4.69, 9.17) is 23.2 Å². The summed E-state index contributed by atoms with van der Waals surface area (Å²) < 4.78 is 2.90. The highest BCUT2D eigenvalue weighted by Gasteiger charge is 2.17. The van der Waals surface area contributed by atoms with Crippen molar-refractivity contribution in [3.63, 3.8) is 0 Å². The minimum Gasteiger partial charge on any atom is -0.113 e. The minimum atomic E-state index is -0.273. The van der Waals surface area contributed by atoms with Crippen molar-refractivity contribution in [2.75, 3.05) is 0 Å². The molecule has 0 aliphatic carbocycles. The van der Waals surface area contributed by atoms with Crippen LogP contribution >= 0.6 is 71.0 Å². The molecule has 2 aromatic carbocycles. The summed E-state index contributed by atoms with van der Waals surface area (Å²) in [6.45, 7) is 0. The zero-order valence-electron chi connectivity index (χ0n) is 8.93. The topological polar surface area (TPSA) is 0 Å². The number of alkyl halides is 1. The molecule has 0 radical (unpaired) electrons. The lowest BCUT2D eigenvalue weighted by Crippen LogP contribution is -1.96. The molecule has 2 rings (SSSR count). The predicted octanol–water partition coefficient (Wildman–Crippen LogP) is 6.96. The van der Waals surface area contributed by atoms with E-state index in [0.29, 0.717) is 5.02 Å². The van der Waals surface area contributed by atoms with E-state index >= 15 is 0 Å². The van der Waals surface area contributed by atoms with Crippen molar-refractivity contribution in [2.24, 2.45) is 0 Å². The fraction of sp³-hybridized carbons (Fsp3) is 0.0769. The quantitative estimate of drug-likeness (QED) is 0.414. The van der Waals surface area contributed by atoms with Crippen molar-refractivity contribution in [3.8, 4) is 0 Å². The summed E-state index contributed by atoms with van der Waals surface area (Å²) in [5.41, 5.74) is 1.94. The smallest absolute Gasteiger partial charge is 0.0858 e. The summed E-state index contributed by atoms with van der Waals surface area (Å²) in [5, 5.41) is 0.398. The maximum atomic E-state index is 6.55. The maximum Gasteiger partial charge on any atom is 0.0858 e. The van der Waals surface area contributed by atoms with Gasteiger partial charge in [0.1, 0.15) is 0 Å².